The molecule has 0 aliphatic carbocycles. The Morgan fingerprint density at radius 1 is 0.969 bits per heavy atom. The van der Waals surface area contributed by atoms with Gasteiger partial charge in [-0.25, -0.2) is 4.98 Å². The molecule has 0 saturated carbocycles. The van der Waals surface area contributed by atoms with Crippen LogP contribution in [0.1, 0.15) is 30.7 Å². The van der Waals surface area contributed by atoms with Crippen LogP contribution in [0, 0.1) is 0 Å². The molecule has 1 atom stereocenters. The van der Waals surface area contributed by atoms with E-state index in [1.54, 1.807) is 0 Å². The number of para-hydroxylation sites is 4. The molecule has 5 rings (SSSR count). The number of aryl methyl sites for hydroxylation is 1. The molecule has 0 bridgehead atoms. The van der Waals surface area contributed by atoms with Crippen molar-refractivity contribution in [3.05, 3.63) is 90.3 Å². The van der Waals surface area contributed by atoms with Crippen LogP contribution >= 0.6 is 0 Å². The largest absolute Gasteiger partial charge is 0.492 e. The average molecular weight is 426 g/mol. The Labute approximate surface area is 188 Å². The van der Waals surface area contributed by atoms with E-state index >= 15 is 0 Å². The summed E-state index contributed by atoms with van der Waals surface area (Å²) < 4.78 is 8.19. The molecule has 0 unspecified atom stereocenters. The maximum atomic E-state index is 13.0. The molecule has 1 amide bonds. The maximum Gasteiger partial charge on any atom is 0.227 e. The minimum absolute atomic E-state index is 0.0523. The van der Waals surface area contributed by atoms with Gasteiger partial charge in [0, 0.05) is 24.6 Å². The predicted molar refractivity (Wildman–Crippen MR) is 127 cm³/mol. The number of benzene rings is 3. The molecule has 1 aliphatic rings. The van der Waals surface area contributed by atoms with Crippen molar-refractivity contribution in [1.82, 2.24) is 9.55 Å². The third-order valence-electron chi connectivity index (χ3n) is 6.16. The van der Waals surface area contributed by atoms with Gasteiger partial charge in [-0.3, -0.25) is 4.79 Å². The molecule has 1 fully saturated rings. The summed E-state index contributed by atoms with van der Waals surface area (Å²) >= 11 is 0. The number of imidazole rings is 1. The molecule has 2 heterocycles. The van der Waals surface area contributed by atoms with Crippen LogP contribution in [-0.2, 0) is 17.8 Å². The smallest absolute Gasteiger partial charge is 0.227 e. The molecule has 0 spiro atoms. The zero-order valence-corrected chi connectivity index (χ0v) is 18.3. The van der Waals surface area contributed by atoms with Crippen LogP contribution < -0.4 is 9.64 Å². The van der Waals surface area contributed by atoms with Gasteiger partial charge in [0.05, 0.1) is 17.6 Å². The summed E-state index contributed by atoms with van der Waals surface area (Å²) in [7, 11) is 0. The number of carbonyl (C=O) groups excluding carboxylic acids is 1. The van der Waals surface area contributed by atoms with Gasteiger partial charge in [0.2, 0.25) is 5.91 Å². The summed E-state index contributed by atoms with van der Waals surface area (Å²) in [5.41, 5.74) is 4.27. The van der Waals surface area contributed by atoms with E-state index in [2.05, 4.69) is 29.7 Å². The van der Waals surface area contributed by atoms with Crippen molar-refractivity contribution in [2.75, 3.05) is 18.1 Å². The van der Waals surface area contributed by atoms with E-state index in [1.807, 2.05) is 65.6 Å². The highest BCUT2D eigenvalue weighted by Gasteiger charge is 2.35. The highest BCUT2D eigenvalue weighted by molar-refractivity contribution is 5.97. The van der Waals surface area contributed by atoms with Gasteiger partial charge in [-0.2, -0.15) is 0 Å². The number of ether oxygens (including phenoxy) is 1. The van der Waals surface area contributed by atoms with Crippen LogP contribution in [0.4, 0.5) is 5.69 Å². The minimum Gasteiger partial charge on any atom is -0.492 e. The number of hydrogen-bond acceptors (Lipinski definition) is 3. The molecule has 5 nitrogen and oxygen atoms in total. The first-order chi connectivity index (χ1) is 15.7. The van der Waals surface area contributed by atoms with Crippen LogP contribution in [0.5, 0.6) is 5.75 Å². The third-order valence-corrected chi connectivity index (χ3v) is 6.16. The van der Waals surface area contributed by atoms with Gasteiger partial charge in [0.15, 0.2) is 0 Å². The molecule has 5 heteroatoms. The van der Waals surface area contributed by atoms with Crippen LogP contribution in [-0.4, -0.2) is 28.6 Å². The van der Waals surface area contributed by atoms with Gasteiger partial charge in [-0.05, 0) is 42.3 Å². The number of hydrogen-bond donors (Lipinski definition) is 0. The molecule has 4 aromatic rings. The van der Waals surface area contributed by atoms with Gasteiger partial charge < -0.3 is 14.2 Å². The van der Waals surface area contributed by atoms with E-state index in [9.17, 15) is 4.79 Å². The predicted octanol–water partition coefficient (Wildman–Crippen LogP) is 5.20. The highest BCUT2D eigenvalue weighted by Crippen LogP contribution is 2.34. The Hall–Kier alpha value is -3.60. The Balaban J connectivity index is 1.42. The second-order valence-corrected chi connectivity index (χ2v) is 8.16. The first-order valence-electron chi connectivity index (χ1n) is 11.3. The van der Waals surface area contributed by atoms with Crippen molar-refractivity contribution >= 4 is 22.6 Å². The number of carbonyl (C=O) groups is 1. The first kappa shape index (κ1) is 20.3. The maximum absolute atomic E-state index is 13.0. The molecule has 32 heavy (non-hydrogen) atoms. The van der Waals surface area contributed by atoms with E-state index in [0.717, 1.165) is 34.7 Å². The minimum atomic E-state index is 0.0523. The number of anilines is 1. The topological polar surface area (TPSA) is 47.4 Å². The standard InChI is InChI=1S/C27H27N3O2/c1-2-20-10-6-8-14-24(20)30-19-21(18-26(30)31)27-28-23-13-7-9-15-25(23)29(27)16-17-32-22-11-4-3-5-12-22/h3-15,21H,2,16-19H2,1H3/t21-/m1/s1. The molecule has 1 aromatic heterocycles. The molecule has 0 N–H and O–H groups in total. The molecule has 3 aromatic carbocycles. The van der Waals surface area contributed by atoms with Gasteiger partial charge in [0.25, 0.3) is 0 Å². The zero-order chi connectivity index (χ0) is 21.9. The number of fused-ring (bicyclic) bond motifs is 1. The molecular formula is C27H27N3O2. The van der Waals surface area contributed by atoms with Crippen molar-refractivity contribution in [2.45, 2.75) is 32.2 Å². The highest BCUT2D eigenvalue weighted by atomic mass is 16.5. The summed E-state index contributed by atoms with van der Waals surface area (Å²) in [6.07, 6.45) is 1.38. The SMILES string of the molecule is CCc1ccccc1N1C[C@H](c2nc3ccccc3n2CCOc2ccccc2)CC1=O. The monoisotopic (exact) mass is 425 g/mol. The summed E-state index contributed by atoms with van der Waals surface area (Å²) in [5.74, 6) is 2.04. The van der Waals surface area contributed by atoms with Gasteiger partial charge >= 0.3 is 0 Å². The normalized spacial score (nSPS) is 16.1. The van der Waals surface area contributed by atoms with Crippen molar-refractivity contribution in [3.8, 4) is 5.75 Å². The van der Waals surface area contributed by atoms with Gasteiger partial charge in [-0.15, -0.1) is 0 Å². The number of amides is 1. The number of aromatic nitrogens is 2. The van der Waals surface area contributed by atoms with Crippen molar-refractivity contribution in [3.63, 3.8) is 0 Å². The van der Waals surface area contributed by atoms with Crippen LogP contribution in [0.25, 0.3) is 11.0 Å². The van der Waals surface area contributed by atoms with E-state index in [0.29, 0.717) is 26.1 Å². The van der Waals surface area contributed by atoms with Gasteiger partial charge in [-0.1, -0.05) is 55.5 Å². The lowest BCUT2D eigenvalue weighted by molar-refractivity contribution is -0.117. The first-order valence-corrected chi connectivity index (χ1v) is 11.3. The summed E-state index contributed by atoms with van der Waals surface area (Å²) in [4.78, 5) is 19.9. The Morgan fingerprint density at radius 2 is 1.72 bits per heavy atom. The number of rotatable bonds is 7. The molecule has 1 aliphatic heterocycles. The second kappa shape index (κ2) is 8.87. The third kappa shape index (κ3) is 3.86. The average Bonchev–Trinajstić information content (AvgIpc) is 3.40. The lowest BCUT2D eigenvalue weighted by atomic mass is 10.1. The summed E-state index contributed by atoms with van der Waals surface area (Å²) in [5, 5.41) is 0. The van der Waals surface area contributed by atoms with Crippen molar-refractivity contribution in [1.29, 1.82) is 0 Å². The fourth-order valence-corrected chi connectivity index (χ4v) is 4.60. The van der Waals surface area contributed by atoms with E-state index in [4.69, 9.17) is 9.72 Å². The summed E-state index contributed by atoms with van der Waals surface area (Å²) in [6.45, 7) is 4.00. The summed E-state index contributed by atoms with van der Waals surface area (Å²) in [6, 6.07) is 26.2. The number of nitrogens with zero attached hydrogens (tertiary/aromatic N) is 3. The van der Waals surface area contributed by atoms with Crippen molar-refractivity contribution in [2.24, 2.45) is 0 Å². The lowest BCUT2D eigenvalue weighted by Crippen LogP contribution is -2.25. The van der Waals surface area contributed by atoms with E-state index in [1.165, 1.54) is 5.56 Å². The molecule has 1 saturated heterocycles. The fourth-order valence-electron chi connectivity index (χ4n) is 4.60. The molecular weight excluding hydrogens is 398 g/mol. The molecule has 0 radical (unpaired) electrons. The van der Waals surface area contributed by atoms with E-state index in [-0.39, 0.29) is 11.8 Å². The lowest BCUT2D eigenvalue weighted by Gasteiger charge is -2.20. The Kier molecular flexibility index (Phi) is 5.63. The van der Waals surface area contributed by atoms with Crippen LogP contribution in [0.15, 0.2) is 78.9 Å². The van der Waals surface area contributed by atoms with Crippen molar-refractivity contribution < 1.29 is 9.53 Å². The van der Waals surface area contributed by atoms with E-state index < -0.39 is 0 Å². The fraction of sp³-hybridized carbons (Fsp3) is 0.259. The quantitative estimate of drug-likeness (QED) is 0.409. The molecule has 162 valence electrons. The van der Waals surface area contributed by atoms with Gasteiger partial charge in [0.1, 0.15) is 18.2 Å². The van der Waals surface area contributed by atoms with Crippen LogP contribution in [0.3, 0.4) is 0 Å². The second-order valence-electron chi connectivity index (χ2n) is 8.16. The van der Waals surface area contributed by atoms with Crippen LogP contribution in [0.2, 0.25) is 0 Å². The Bertz CT molecular complexity index is 1230. The zero-order valence-electron chi connectivity index (χ0n) is 18.3. The Morgan fingerprint density at radius 3 is 2.56 bits per heavy atom.